The topological polar surface area (TPSA) is 23.8 Å². The van der Waals surface area contributed by atoms with Crippen molar-refractivity contribution >= 4 is 0 Å². The van der Waals surface area contributed by atoms with Crippen LogP contribution in [-0.4, -0.2) is 0 Å². The van der Waals surface area contributed by atoms with Crippen LogP contribution in [0.4, 0.5) is 0 Å². The first-order valence-corrected chi connectivity index (χ1v) is 4.02. The lowest BCUT2D eigenvalue weighted by Gasteiger charge is -2.12. The third-order valence-corrected chi connectivity index (χ3v) is 1.93. The van der Waals surface area contributed by atoms with E-state index in [1.807, 2.05) is 0 Å². The molecule has 58 valence electrons. The average Bonchev–Trinajstić information content (AvgIpc) is 2.05. The molecule has 0 aromatic carbocycles. The summed E-state index contributed by atoms with van der Waals surface area (Å²) in [5, 5.41) is 8.66. The van der Waals surface area contributed by atoms with E-state index in [9.17, 15) is 0 Å². The molecule has 0 aromatic rings. The van der Waals surface area contributed by atoms with Crippen molar-refractivity contribution in [1.82, 2.24) is 0 Å². The third-order valence-electron chi connectivity index (χ3n) is 1.93. The number of hydrogen-bond donors (Lipinski definition) is 0. The lowest BCUT2D eigenvalue weighted by molar-refractivity contribution is 0.740. The second-order valence-electron chi connectivity index (χ2n) is 3.20. The van der Waals surface area contributed by atoms with Crippen molar-refractivity contribution in [3.63, 3.8) is 0 Å². The Bertz CT molecular complexity index is 228. The summed E-state index contributed by atoms with van der Waals surface area (Å²) < 4.78 is 0. The fraction of sp³-hybridized carbons (Fsp3) is 0.500. The van der Waals surface area contributed by atoms with Crippen molar-refractivity contribution in [2.24, 2.45) is 11.8 Å². The molecular weight excluding hydrogens is 134 g/mol. The number of allylic oxidation sites excluding steroid dienone is 4. The van der Waals surface area contributed by atoms with E-state index >= 15 is 0 Å². The maximum atomic E-state index is 8.66. The normalized spacial score (nSPS) is 23.1. The predicted molar refractivity (Wildman–Crippen MR) is 45.8 cm³/mol. The summed E-state index contributed by atoms with van der Waals surface area (Å²) >= 11 is 0. The van der Waals surface area contributed by atoms with Gasteiger partial charge in [-0.3, -0.25) is 0 Å². The predicted octanol–water partition coefficient (Wildman–Crippen LogP) is 2.67. The summed E-state index contributed by atoms with van der Waals surface area (Å²) in [6.07, 6.45) is 7.17. The number of rotatable bonds is 1. The SMILES string of the molecule is CC(C)C1=CC(C#N)CC=C1. The van der Waals surface area contributed by atoms with Crippen LogP contribution in [0.1, 0.15) is 20.3 Å². The van der Waals surface area contributed by atoms with Crippen molar-refractivity contribution in [3.05, 3.63) is 23.8 Å². The molecule has 0 aliphatic heterocycles. The van der Waals surface area contributed by atoms with Crippen molar-refractivity contribution in [1.29, 1.82) is 5.26 Å². The maximum Gasteiger partial charge on any atom is 0.0700 e. The molecule has 0 fully saturated rings. The van der Waals surface area contributed by atoms with E-state index < -0.39 is 0 Å². The Morgan fingerprint density at radius 1 is 1.64 bits per heavy atom. The first-order chi connectivity index (χ1) is 5.24. The minimum Gasteiger partial charge on any atom is -0.198 e. The average molecular weight is 147 g/mol. The summed E-state index contributed by atoms with van der Waals surface area (Å²) in [4.78, 5) is 0. The molecule has 0 amide bonds. The van der Waals surface area contributed by atoms with Crippen LogP contribution in [0.2, 0.25) is 0 Å². The van der Waals surface area contributed by atoms with Gasteiger partial charge in [0.2, 0.25) is 0 Å². The van der Waals surface area contributed by atoms with Gasteiger partial charge in [0.15, 0.2) is 0 Å². The Kier molecular flexibility index (Phi) is 2.48. The van der Waals surface area contributed by atoms with Crippen LogP contribution in [0.15, 0.2) is 23.8 Å². The Hall–Kier alpha value is -1.03. The van der Waals surface area contributed by atoms with Crippen LogP contribution >= 0.6 is 0 Å². The highest BCUT2D eigenvalue weighted by atomic mass is 14.3. The zero-order valence-electron chi connectivity index (χ0n) is 7.04. The summed E-state index contributed by atoms with van der Waals surface area (Å²) in [5.74, 6) is 0.653. The van der Waals surface area contributed by atoms with E-state index in [4.69, 9.17) is 5.26 Å². The highest BCUT2D eigenvalue weighted by Crippen LogP contribution is 2.21. The van der Waals surface area contributed by atoms with Gasteiger partial charge >= 0.3 is 0 Å². The van der Waals surface area contributed by atoms with Crippen LogP contribution in [0.25, 0.3) is 0 Å². The zero-order valence-corrected chi connectivity index (χ0v) is 7.04. The largest absolute Gasteiger partial charge is 0.198 e. The minimum atomic E-state index is 0.109. The standard InChI is InChI=1S/C10H13N/c1-8(2)10-5-3-4-9(6-10)7-11/h3,5-6,8-9H,4H2,1-2H3. The van der Waals surface area contributed by atoms with Gasteiger partial charge in [0.1, 0.15) is 0 Å². The molecule has 1 heteroatoms. The van der Waals surface area contributed by atoms with Crippen LogP contribution in [-0.2, 0) is 0 Å². The summed E-state index contributed by atoms with van der Waals surface area (Å²) in [6.45, 7) is 4.30. The Balaban J connectivity index is 2.74. The highest BCUT2D eigenvalue weighted by Gasteiger charge is 2.09. The lowest BCUT2D eigenvalue weighted by Crippen LogP contribution is -2.01. The zero-order chi connectivity index (χ0) is 8.27. The fourth-order valence-electron chi connectivity index (χ4n) is 1.18. The van der Waals surface area contributed by atoms with Gasteiger partial charge in [-0.25, -0.2) is 0 Å². The number of hydrogen-bond acceptors (Lipinski definition) is 1. The first-order valence-electron chi connectivity index (χ1n) is 4.02. The van der Waals surface area contributed by atoms with E-state index in [-0.39, 0.29) is 5.92 Å². The molecular formula is C10H13N. The Morgan fingerprint density at radius 3 is 2.91 bits per heavy atom. The number of nitrogens with zero attached hydrogens (tertiary/aromatic N) is 1. The molecule has 1 atom stereocenters. The van der Waals surface area contributed by atoms with Crippen LogP contribution in [0.5, 0.6) is 0 Å². The van der Waals surface area contributed by atoms with E-state index in [2.05, 4.69) is 38.1 Å². The van der Waals surface area contributed by atoms with Gasteiger partial charge in [0.25, 0.3) is 0 Å². The van der Waals surface area contributed by atoms with Gasteiger partial charge in [-0.1, -0.05) is 32.1 Å². The molecule has 0 bridgehead atoms. The summed E-state index contributed by atoms with van der Waals surface area (Å²) in [7, 11) is 0. The molecule has 0 spiro atoms. The second-order valence-corrected chi connectivity index (χ2v) is 3.20. The second kappa shape index (κ2) is 3.39. The smallest absolute Gasteiger partial charge is 0.0700 e. The summed E-state index contributed by atoms with van der Waals surface area (Å²) in [5.41, 5.74) is 1.29. The third kappa shape index (κ3) is 1.94. The Labute approximate surface area is 68.0 Å². The van der Waals surface area contributed by atoms with Gasteiger partial charge in [0.05, 0.1) is 12.0 Å². The molecule has 0 saturated heterocycles. The monoisotopic (exact) mass is 147 g/mol. The van der Waals surface area contributed by atoms with E-state index in [0.717, 1.165) is 6.42 Å². The van der Waals surface area contributed by atoms with Crippen LogP contribution in [0.3, 0.4) is 0 Å². The van der Waals surface area contributed by atoms with Gasteiger partial charge < -0.3 is 0 Å². The van der Waals surface area contributed by atoms with Crippen LogP contribution in [0, 0.1) is 23.2 Å². The molecule has 0 heterocycles. The molecule has 1 aliphatic rings. The molecule has 0 aromatic heterocycles. The lowest BCUT2D eigenvalue weighted by atomic mass is 9.91. The maximum absolute atomic E-state index is 8.66. The molecule has 1 aliphatic carbocycles. The van der Waals surface area contributed by atoms with E-state index in [0.29, 0.717) is 5.92 Å². The van der Waals surface area contributed by atoms with Crippen LogP contribution < -0.4 is 0 Å². The first kappa shape index (κ1) is 8.07. The highest BCUT2D eigenvalue weighted by molar-refractivity contribution is 5.27. The van der Waals surface area contributed by atoms with Gasteiger partial charge in [0, 0.05) is 0 Å². The quantitative estimate of drug-likeness (QED) is 0.559. The van der Waals surface area contributed by atoms with E-state index in [1.165, 1.54) is 5.57 Å². The van der Waals surface area contributed by atoms with Crippen molar-refractivity contribution in [2.45, 2.75) is 20.3 Å². The molecule has 0 N–H and O–H groups in total. The van der Waals surface area contributed by atoms with Gasteiger partial charge in [-0.05, 0) is 17.9 Å². The number of nitriles is 1. The summed E-state index contributed by atoms with van der Waals surface area (Å²) in [6, 6.07) is 2.26. The molecule has 1 rings (SSSR count). The van der Waals surface area contributed by atoms with Crippen molar-refractivity contribution in [2.75, 3.05) is 0 Å². The Morgan fingerprint density at radius 2 is 2.36 bits per heavy atom. The molecule has 1 unspecified atom stereocenters. The fourth-order valence-corrected chi connectivity index (χ4v) is 1.18. The molecule has 0 radical (unpaired) electrons. The van der Waals surface area contributed by atoms with E-state index in [1.54, 1.807) is 0 Å². The molecule has 11 heavy (non-hydrogen) atoms. The minimum absolute atomic E-state index is 0.109. The molecule has 0 saturated carbocycles. The van der Waals surface area contributed by atoms with Crippen molar-refractivity contribution in [3.8, 4) is 6.07 Å². The van der Waals surface area contributed by atoms with Crippen molar-refractivity contribution < 1.29 is 0 Å². The van der Waals surface area contributed by atoms with Gasteiger partial charge in [-0.2, -0.15) is 5.26 Å². The van der Waals surface area contributed by atoms with Gasteiger partial charge in [-0.15, -0.1) is 0 Å². The molecule has 1 nitrogen and oxygen atoms in total.